The quantitative estimate of drug-likeness (QED) is 0.901. The van der Waals surface area contributed by atoms with E-state index in [1.165, 1.54) is 30.6 Å². The number of rotatable bonds is 5. The van der Waals surface area contributed by atoms with Gasteiger partial charge in [-0.3, -0.25) is 0 Å². The maximum atomic E-state index is 5.44. The first-order valence-corrected chi connectivity index (χ1v) is 7.94. The van der Waals surface area contributed by atoms with Gasteiger partial charge in [0, 0.05) is 29.8 Å². The Hall–Kier alpha value is -0.580. The van der Waals surface area contributed by atoms with Crippen LogP contribution in [-0.4, -0.2) is 32.8 Å². The smallest absolute Gasteiger partial charge is 0.0642 e. The zero-order valence-corrected chi connectivity index (χ0v) is 12.8. The number of morpholine rings is 1. The van der Waals surface area contributed by atoms with Crippen molar-refractivity contribution >= 4 is 21.6 Å². The minimum absolute atomic E-state index is 0.835. The number of anilines is 1. The summed E-state index contributed by atoms with van der Waals surface area (Å²) in [5.74, 6) is 0.933. The van der Waals surface area contributed by atoms with Gasteiger partial charge in [0.15, 0.2) is 0 Å². The molecule has 0 aromatic heterocycles. The van der Waals surface area contributed by atoms with Gasteiger partial charge in [-0.2, -0.15) is 0 Å². The second kappa shape index (κ2) is 6.25. The van der Waals surface area contributed by atoms with Gasteiger partial charge in [-0.05, 0) is 43.0 Å². The van der Waals surface area contributed by atoms with Crippen molar-refractivity contribution in [1.29, 1.82) is 0 Å². The zero-order valence-electron chi connectivity index (χ0n) is 11.2. The van der Waals surface area contributed by atoms with Crippen molar-refractivity contribution in [3.63, 3.8) is 0 Å². The molecule has 0 spiro atoms. The topological polar surface area (TPSA) is 24.5 Å². The van der Waals surface area contributed by atoms with Crippen LogP contribution in [0.4, 0.5) is 5.69 Å². The highest BCUT2D eigenvalue weighted by molar-refractivity contribution is 9.10. The van der Waals surface area contributed by atoms with Gasteiger partial charge in [-0.1, -0.05) is 22.0 Å². The molecule has 4 heteroatoms. The SMILES string of the molecule is Brc1ccc(CNCC2CC2)c(N2CCOCC2)c1. The Labute approximate surface area is 123 Å². The van der Waals surface area contributed by atoms with Crippen molar-refractivity contribution in [2.75, 3.05) is 37.7 Å². The maximum absolute atomic E-state index is 5.44. The molecule has 104 valence electrons. The number of halogens is 1. The average Bonchev–Trinajstić information content (AvgIpc) is 3.25. The number of nitrogens with zero attached hydrogens (tertiary/aromatic N) is 1. The molecule has 0 unspecified atom stereocenters. The monoisotopic (exact) mass is 324 g/mol. The Morgan fingerprint density at radius 2 is 2.05 bits per heavy atom. The summed E-state index contributed by atoms with van der Waals surface area (Å²) in [7, 11) is 0. The summed E-state index contributed by atoms with van der Waals surface area (Å²) >= 11 is 3.59. The lowest BCUT2D eigenvalue weighted by atomic mass is 10.1. The van der Waals surface area contributed by atoms with Crippen LogP contribution < -0.4 is 10.2 Å². The summed E-state index contributed by atoms with van der Waals surface area (Å²) in [6.07, 6.45) is 2.81. The highest BCUT2D eigenvalue weighted by Gasteiger charge is 2.21. The molecule has 19 heavy (non-hydrogen) atoms. The summed E-state index contributed by atoms with van der Waals surface area (Å²) in [5.41, 5.74) is 2.74. The molecule has 3 rings (SSSR count). The van der Waals surface area contributed by atoms with Crippen LogP contribution in [0.1, 0.15) is 18.4 Å². The Balaban J connectivity index is 1.69. The third-order valence-corrected chi connectivity index (χ3v) is 4.34. The van der Waals surface area contributed by atoms with Gasteiger partial charge in [-0.25, -0.2) is 0 Å². The van der Waals surface area contributed by atoms with Crippen molar-refractivity contribution < 1.29 is 4.74 Å². The molecular formula is C15H21BrN2O. The van der Waals surface area contributed by atoms with E-state index in [1.54, 1.807) is 0 Å². The highest BCUT2D eigenvalue weighted by Crippen LogP contribution is 2.29. The lowest BCUT2D eigenvalue weighted by molar-refractivity contribution is 0.122. The molecule has 3 nitrogen and oxygen atoms in total. The fourth-order valence-corrected chi connectivity index (χ4v) is 2.87. The largest absolute Gasteiger partial charge is 0.378 e. The highest BCUT2D eigenvalue weighted by atomic mass is 79.9. The number of ether oxygens (including phenoxy) is 1. The van der Waals surface area contributed by atoms with E-state index >= 15 is 0 Å². The first-order chi connectivity index (χ1) is 9.33. The molecule has 1 saturated carbocycles. The molecule has 2 aliphatic rings. The third-order valence-electron chi connectivity index (χ3n) is 3.84. The van der Waals surface area contributed by atoms with Gasteiger partial charge >= 0.3 is 0 Å². The van der Waals surface area contributed by atoms with Crippen molar-refractivity contribution in [3.8, 4) is 0 Å². The van der Waals surface area contributed by atoms with E-state index in [2.05, 4.69) is 44.3 Å². The molecule has 1 N–H and O–H groups in total. The lowest BCUT2D eigenvalue weighted by Gasteiger charge is -2.31. The van der Waals surface area contributed by atoms with E-state index in [0.717, 1.165) is 43.2 Å². The fraction of sp³-hybridized carbons (Fsp3) is 0.600. The van der Waals surface area contributed by atoms with Gasteiger partial charge in [0.1, 0.15) is 0 Å². The number of nitrogens with one attached hydrogen (secondary N) is 1. The number of benzene rings is 1. The molecule has 0 radical (unpaired) electrons. The summed E-state index contributed by atoms with van der Waals surface area (Å²) < 4.78 is 6.60. The van der Waals surface area contributed by atoms with Gasteiger partial charge < -0.3 is 15.0 Å². The van der Waals surface area contributed by atoms with Crippen LogP contribution in [0.5, 0.6) is 0 Å². The van der Waals surface area contributed by atoms with Gasteiger partial charge in [0.05, 0.1) is 13.2 Å². The average molecular weight is 325 g/mol. The summed E-state index contributed by atoms with van der Waals surface area (Å²) in [6.45, 7) is 5.79. The van der Waals surface area contributed by atoms with E-state index in [0.29, 0.717) is 0 Å². The molecule has 2 fully saturated rings. The van der Waals surface area contributed by atoms with Crippen LogP contribution in [-0.2, 0) is 11.3 Å². The molecular weight excluding hydrogens is 304 g/mol. The van der Waals surface area contributed by atoms with Gasteiger partial charge in [-0.15, -0.1) is 0 Å². The molecule has 0 bridgehead atoms. The molecule has 0 amide bonds. The van der Waals surface area contributed by atoms with E-state index in [-0.39, 0.29) is 0 Å². The summed E-state index contributed by atoms with van der Waals surface area (Å²) in [6, 6.07) is 6.60. The van der Waals surface area contributed by atoms with Gasteiger partial charge in [0.2, 0.25) is 0 Å². The normalized spacial score (nSPS) is 19.7. The standard InChI is InChI=1S/C15H21BrN2O/c16-14-4-3-13(11-17-10-12-1-2-12)15(9-14)18-5-7-19-8-6-18/h3-4,9,12,17H,1-2,5-8,10-11H2. The van der Waals surface area contributed by atoms with E-state index in [1.807, 2.05) is 0 Å². The molecule has 1 aliphatic heterocycles. The Morgan fingerprint density at radius 3 is 2.79 bits per heavy atom. The van der Waals surface area contributed by atoms with Crippen molar-refractivity contribution in [2.24, 2.45) is 5.92 Å². The van der Waals surface area contributed by atoms with E-state index in [4.69, 9.17) is 4.74 Å². The van der Waals surface area contributed by atoms with E-state index in [9.17, 15) is 0 Å². The molecule has 1 aromatic carbocycles. The zero-order chi connectivity index (χ0) is 13.1. The van der Waals surface area contributed by atoms with Crippen molar-refractivity contribution in [2.45, 2.75) is 19.4 Å². The first kappa shape index (κ1) is 13.4. The molecule has 1 aromatic rings. The summed E-state index contributed by atoms with van der Waals surface area (Å²) in [5, 5.41) is 3.59. The predicted molar refractivity (Wildman–Crippen MR) is 81.6 cm³/mol. The Bertz CT molecular complexity index is 428. The fourth-order valence-electron chi connectivity index (χ4n) is 2.52. The van der Waals surface area contributed by atoms with Crippen LogP contribution >= 0.6 is 15.9 Å². The molecule has 1 heterocycles. The molecule has 1 saturated heterocycles. The third kappa shape index (κ3) is 3.71. The number of hydrogen-bond acceptors (Lipinski definition) is 3. The maximum Gasteiger partial charge on any atom is 0.0642 e. The van der Waals surface area contributed by atoms with Crippen molar-refractivity contribution in [3.05, 3.63) is 28.2 Å². The van der Waals surface area contributed by atoms with Crippen LogP contribution in [0.3, 0.4) is 0 Å². The number of hydrogen-bond donors (Lipinski definition) is 1. The van der Waals surface area contributed by atoms with Crippen LogP contribution in [0.15, 0.2) is 22.7 Å². The Kier molecular flexibility index (Phi) is 4.41. The molecule has 1 aliphatic carbocycles. The first-order valence-electron chi connectivity index (χ1n) is 7.15. The van der Waals surface area contributed by atoms with Crippen LogP contribution in [0.2, 0.25) is 0 Å². The van der Waals surface area contributed by atoms with E-state index < -0.39 is 0 Å². The second-order valence-corrected chi connectivity index (χ2v) is 6.36. The predicted octanol–water partition coefficient (Wildman–Crippen LogP) is 2.79. The van der Waals surface area contributed by atoms with Crippen LogP contribution in [0, 0.1) is 5.92 Å². The second-order valence-electron chi connectivity index (χ2n) is 5.45. The Morgan fingerprint density at radius 1 is 1.26 bits per heavy atom. The lowest BCUT2D eigenvalue weighted by Crippen LogP contribution is -2.37. The summed E-state index contributed by atoms with van der Waals surface area (Å²) in [4.78, 5) is 2.43. The van der Waals surface area contributed by atoms with Crippen LogP contribution in [0.25, 0.3) is 0 Å². The molecule has 0 atom stereocenters. The minimum atomic E-state index is 0.835. The van der Waals surface area contributed by atoms with Crippen molar-refractivity contribution in [1.82, 2.24) is 5.32 Å². The minimum Gasteiger partial charge on any atom is -0.378 e. The van der Waals surface area contributed by atoms with Gasteiger partial charge in [0.25, 0.3) is 0 Å².